The molecule has 0 aliphatic rings. The van der Waals surface area contributed by atoms with Crippen molar-refractivity contribution < 1.29 is 0 Å². The lowest BCUT2D eigenvalue weighted by Gasteiger charge is -2.09. The van der Waals surface area contributed by atoms with E-state index in [-0.39, 0.29) is 0 Å². The second-order valence-corrected chi connectivity index (χ2v) is 7.10. The number of nitrogens with one attached hydrogen (secondary N) is 2. The van der Waals surface area contributed by atoms with Crippen molar-refractivity contribution >= 4 is 44.7 Å². The lowest BCUT2D eigenvalue weighted by molar-refractivity contribution is 0.863. The molecule has 0 aliphatic carbocycles. The number of nitriles is 1. The second-order valence-electron chi connectivity index (χ2n) is 6.09. The average molecular weight is 403 g/mol. The Hall–Kier alpha value is -3.84. The van der Waals surface area contributed by atoms with Gasteiger partial charge < -0.3 is 10.6 Å². The fourth-order valence-electron chi connectivity index (χ4n) is 2.80. The number of thiazole rings is 1. The summed E-state index contributed by atoms with van der Waals surface area (Å²) in [5, 5.41) is 29.2. The smallest absolute Gasteiger partial charge is 0.213 e. The molecule has 0 amide bonds. The van der Waals surface area contributed by atoms with Crippen LogP contribution in [0.15, 0.2) is 46.8 Å². The van der Waals surface area contributed by atoms with Crippen LogP contribution in [0.4, 0.5) is 23.1 Å². The molecular weight excluding hydrogens is 386 g/mol. The Morgan fingerprint density at radius 1 is 1.14 bits per heavy atom. The first-order valence-corrected chi connectivity index (χ1v) is 9.59. The van der Waals surface area contributed by atoms with Gasteiger partial charge in [0, 0.05) is 14.1 Å². The molecule has 4 rings (SSSR count). The van der Waals surface area contributed by atoms with Crippen LogP contribution in [0.2, 0.25) is 0 Å². The summed E-state index contributed by atoms with van der Waals surface area (Å²) < 4.78 is 2.57. The maximum atomic E-state index is 9.48. The van der Waals surface area contributed by atoms with Gasteiger partial charge in [-0.1, -0.05) is 23.5 Å². The third kappa shape index (κ3) is 3.39. The van der Waals surface area contributed by atoms with E-state index in [1.165, 1.54) is 22.2 Å². The van der Waals surface area contributed by atoms with Gasteiger partial charge in [-0.25, -0.2) is 9.97 Å². The predicted molar refractivity (Wildman–Crippen MR) is 114 cm³/mol. The largest absolute Gasteiger partial charge is 0.373 e. The van der Waals surface area contributed by atoms with Crippen LogP contribution in [0.25, 0.3) is 15.3 Å². The molecule has 144 valence electrons. The van der Waals surface area contributed by atoms with Gasteiger partial charge in [0.25, 0.3) is 0 Å². The third-order valence-corrected chi connectivity index (χ3v) is 5.26. The minimum atomic E-state index is 0.316. The predicted octanol–water partition coefficient (Wildman–Crippen LogP) is 4.56. The number of fused-ring (bicyclic) bond motifs is 1. The first kappa shape index (κ1) is 18.5. The van der Waals surface area contributed by atoms with Crippen molar-refractivity contribution in [1.82, 2.24) is 19.7 Å². The summed E-state index contributed by atoms with van der Waals surface area (Å²) in [5.74, 6) is 1.64. The van der Waals surface area contributed by atoms with Crippen molar-refractivity contribution in [2.45, 2.75) is 6.92 Å². The highest BCUT2D eigenvalue weighted by Gasteiger charge is 2.16. The first-order chi connectivity index (χ1) is 14.1. The van der Waals surface area contributed by atoms with Crippen LogP contribution < -0.4 is 10.6 Å². The lowest BCUT2D eigenvalue weighted by Crippen LogP contribution is -1.99. The van der Waals surface area contributed by atoms with Gasteiger partial charge in [-0.15, -0.1) is 10.2 Å². The summed E-state index contributed by atoms with van der Waals surface area (Å²) in [7, 11) is 3.57. The molecule has 3 heterocycles. The lowest BCUT2D eigenvalue weighted by atomic mass is 10.2. The molecule has 3 aromatic heterocycles. The topological polar surface area (TPSA) is 116 Å². The van der Waals surface area contributed by atoms with Crippen LogP contribution in [-0.2, 0) is 0 Å². The SMILES string of the molecule is CNc1cc(C)c(N=Nc2c(C#N)cnn2-c2nc3ccccc3s2)c(NC)n1. The van der Waals surface area contributed by atoms with Crippen LogP contribution in [0.1, 0.15) is 11.1 Å². The van der Waals surface area contributed by atoms with Crippen molar-refractivity contribution in [3.05, 3.63) is 47.7 Å². The second kappa shape index (κ2) is 7.65. The molecule has 4 aromatic rings. The zero-order valence-electron chi connectivity index (χ0n) is 16.0. The number of nitrogens with zero attached hydrogens (tertiary/aromatic N) is 7. The van der Waals surface area contributed by atoms with Crippen LogP contribution in [0.5, 0.6) is 0 Å². The maximum absolute atomic E-state index is 9.48. The highest BCUT2D eigenvalue weighted by molar-refractivity contribution is 7.20. The normalized spacial score (nSPS) is 11.1. The number of para-hydroxylation sites is 1. The summed E-state index contributed by atoms with van der Waals surface area (Å²) in [4.78, 5) is 9.04. The highest BCUT2D eigenvalue weighted by atomic mass is 32.1. The molecule has 0 saturated carbocycles. The standard InChI is InChI=1S/C19H17N9S/c1-11-8-15(21-2)25-17(22-3)16(11)26-27-18-12(9-20)10-23-28(18)19-24-13-6-4-5-7-14(13)29-19/h4-8,10H,1-3H3,(H2,21,22,25). The van der Waals surface area contributed by atoms with Gasteiger partial charge in [0.15, 0.2) is 11.6 Å². The van der Waals surface area contributed by atoms with Gasteiger partial charge in [0.1, 0.15) is 23.1 Å². The number of benzene rings is 1. The molecule has 1 aromatic carbocycles. The van der Waals surface area contributed by atoms with Crippen LogP contribution in [0, 0.1) is 18.3 Å². The average Bonchev–Trinajstić information content (AvgIpc) is 3.35. The monoisotopic (exact) mass is 403 g/mol. The minimum Gasteiger partial charge on any atom is -0.373 e. The minimum absolute atomic E-state index is 0.316. The molecule has 0 atom stereocenters. The van der Waals surface area contributed by atoms with Crippen LogP contribution in [0.3, 0.4) is 0 Å². The van der Waals surface area contributed by atoms with E-state index in [4.69, 9.17) is 0 Å². The summed E-state index contributed by atoms with van der Waals surface area (Å²) in [6, 6.07) is 11.8. The van der Waals surface area contributed by atoms with Gasteiger partial charge in [0.2, 0.25) is 5.13 Å². The van der Waals surface area contributed by atoms with Crippen molar-refractivity contribution in [1.29, 1.82) is 5.26 Å². The van der Waals surface area contributed by atoms with Crippen molar-refractivity contribution in [3.63, 3.8) is 0 Å². The quantitative estimate of drug-likeness (QED) is 0.472. The number of rotatable bonds is 5. The Bertz CT molecular complexity index is 1230. The van der Waals surface area contributed by atoms with E-state index in [0.717, 1.165) is 21.6 Å². The first-order valence-electron chi connectivity index (χ1n) is 8.77. The Labute approximate surface area is 170 Å². The molecule has 9 nitrogen and oxygen atoms in total. The van der Waals surface area contributed by atoms with E-state index in [1.54, 1.807) is 14.1 Å². The molecule has 0 aliphatic heterocycles. The Morgan fingerprint density at radius 2 is 1.97 bits per heavy atom. The highest BCUT2D eigenvalue weighted by Crippen LogP contribution is 2.33. The van der Waals surface area contributed by atoms with Gasteiger partial charge in [0.05, 0.1) is 16.4 Å². The summed E-state index contributed by atoms with van der Waals surface area (Å²) in [6.07, 6.45) is 1.47. The van der Waals surface area contributed by atoms with Crippen LogP contribution >= 0.6 is 11.3 Å². The molecule has 0 radical (unpaired) electrons. The third-order valence-electron chi connectivity index (χ3n) is 4.25. The van der Waals surface area contributed by atoms with E-state index < -0.39 is 0 Å². The summed E-state index contributed by atoms with van der Waals surface area (Å²) in [5.41, 5.74) is 2.66. The Kier molecular flexibility index (Phi) is 4.88. The Balaban J connectivity index is 1.80. The van der Waals surface area contributed by atoms with Gasteiger partial charge in [-0.3, -0.25) is 0 Å². The van der Waals surface area contributed by atoms with Gasteiger partial charge in [-0.05, 0) is 30.7 Å². The molecule has 2 N–H and O–H groups in total. The fraction of sp³-hybridized carbons (Fsp3) is 0.158. The van der Waals surface area contributed by atoms with E-state index in [2.05, 4.69) is 42.0 Å². The number of hydrogen-bond acceptors (Lipinski definition) is 9. The molecule has 0 fully saturated rings. The Morgan fingerprint density at radius 3 is 2.69 bits per heavy atom. The zero-order valence-corrected chi connectivity index (χ0v) is 16.8. The molecule has 0 saturated heterocycles. The number of anilines is 2. The van der Waals surface area contributed by atoms with Gasteiger partial charge in [-0.2, -0.15) is 15.0 Å². The summed E-state index contributed by atoms with van der Waals surface area (Å²) >= 11 is 1.47. The van der Waals surface area contributed by atoms with Crippen LogP contribution in [-0.4, -0.2) is 33.8 Å². The molecule has 0 unspecified atom stereocenters. The van der Waals surface area contributed by atoms with Crippen molar-refractivity contribution in [2.24, 2.45) is 10.2 Å². The van der Waals surface area contributed by atoms with Crippen molar-refractivity contribution in [3.8, 4) is 11.2 Å². The molecule has 29 heavy (non-hydrogen) atoms. The van der Waals surface area contributed by atoms with E-state index >= 15 is 0 Å². The number of aromatic nitrogens is 4. The number of aryl methyl sites for hydroxylation is 1. The van der Waals surface area contributed by atoms with Crippen molar-refractivity contribution in [2.75, 3.05) is 24.7 Å². The number of hydrogen-bond donors (Lipinski definition) is 2. The van der Waals surface area contributed by atoms with E-state index in [9.17, 15) is 5.26 Å². The fourth-order valence-corrected chi connectivity index (χ4v) is 3.73. The van der Waals surface area contributed by atoms with Gasteiger partial charge >= 0.3 is 0 Å². The molecule has 0 bridgehead atoms. The maximum Gasteiger partial charge on any atom is 0.213 e. The zero-order chi connectivity index (χ0) is 20.4. The van der Waals surface area contributed by atoms with E-state index in [1.807, 2.05) is 37.3 Å². The van der Waals surface area contributed by atoms with E-state index in [0.29, 0.717) is 28.0 Å². The molecular formula is C19H17N9S. The molecule has 10 heteroatoms. The number of pyridine rings is 1. The number of azo groups is 1. The summed E-state index contributed by atoms with van der Waals surface area (Å²) in [6.45, 7) is 1.92. The molecule has 0 spiro atoms.